The molecule has 2 aromatic heterocycles. The van der Waals surface area contributed by atoms with Crippen LogP contribution in [0.4, 0.5) is 29.1 Å². The van der Waals surface area contributed by atoms with Crippen molar-refractivity contribution in [3.8, 4) is 5.75 Å². The number of aryl methyl sites for hydroxylation is 1. The largest absolute Gasteiger partial charge is 0.420 e. The SMILES string of the molecule is CCCCc1nc2c([nH]1)c(N)nc1cc(N3CCN(CCOCCC(=O)Oc4c(F)c(F)cc(F)c4F)CC3)ccc12. The Labute approximate surface area is 239 Å². The molecule has 3 N–H and O–H groups in total. The number of piperazine rings is 1. The molecule has 1 aliphatic rings. The molecule has 42 heavy (non-hydrogen) atoms. The van der Waals surface area contributed by atoms with Crippen molar-refractivity contribution in [3.05, 3.63) is 53.4 Å². The molecule has 4 aromatic rings. The number of aromatic nitrogens is 3. The topological polar surface area (TPSA) is 110 Å². The Morgan fingerprint density at radius 1 is 1.02 bits per heavy atom. The maximum absolute atomic E-state index is 13.7. The number of aromatic amines is 1. The summed E-state index contributed by atoms with van der Waals surface area (Å²) in [5.74, 6) is -7.94. The molecule has 1 fully saturated rings. The van der Waals surface area contributed by atoms with Gasteiger partial charge in [0.1, 0.15) is 22.7 Å². The molecule has 0 unspecified atom stereocenters. The minimum atomic E-state index is -1.77. The van der Waals surface area contributed by atoms with E-state index >= 15 is 0 Å². The van der Waals surface area contributed by atoms with Crippen molar-refractivity contribution in [1.29, 1.82) is 0 Å². The number of halogens is 4. The van der Waals surface area contributed by atoms with Crippen molar-refractivity contribution >= 4 is 39.4 Å². The zero-order valence-electron chi connectivity index (χ0n) is 23.2. The average Bonchev–Trinajstić information content (AvgIpc) is 3.42. The van der Waals surface area contributed by atoms with Gasteiger partial charge in [-0.3, -0.25) is 9.69 Å². The first-order chi connectivity index (χ1) is 20.2. The van der Waals surface area contributed by atoms with Crippen LogP contribution in [-0.4, -0.2) is 71.8 Å². The molecule has 0 aliphatic carbocycles. The highest BCUT2D eigenvalue weighted by molar-refractivity contribution is 6.06. The van der Waals surface area contributed by atoms with E-state index < -0.39 is 35.0 Å². The summed E-state index contributed by atoms with van der Waals surface area (Å²) in [4.78, 5) is 29.1. The van der Waals surface area contributed by atoms with E-state index in [2.05, 4.69) is 37.5 Å². The Balaban J connectivity index is 1.08. The molecule has 13 heteroatoms. The Morgan fingerprint density at radius 3 is 2.48 bits per heavy atom. The number of anilines is 2. The number of rotatable bonds is 11. The molecule has 0 radical (unpaired) electrons. The van der Waals surface area contributed by atoms with E-state index in [1.165, 1.54) is 0 Å². The number of unbranched alkanes of at least 4 members (excludes halogenated alkanes) is 1. The summed E-state index contributed by atoms with van der Waals surface area (Å²) in [6.07, 6.45) is 2.67. The van der Waals surface area contributed by atoms with Crippen LogP contribution in [0.3, 0.4) is 0 Å². The van der Waals surface area contributed by atoms with Gasteiger partial charge in [0.25, 0.3) is 0 Å². The van der Waals surface area contributed by atoms with E-state index in [-0.39, 0.29) is 19.1 Å². The van der Waals surface area contributed by atoms with Gasteiger partial charge in [-0.25, -0.2) is 18.7 Å². The van der Waals surface area contributed by atoms with E-state index in [9.17, 15) is 22.4 Å². The van der Waals surface area contributed by atoms with Crippen molar-refractivity contribution in [1.82, 2.24) is 19.9 Å². The predicted molar refractivity (Wildman–Crippen MR) is 150 cm³/mol. The molecule has 2 aromatic carbocycles. The summed E-state index contributed by atoms with van der Waals surface area (Å²) in [5.41, 5.74) is 9.73. The first-order valence-electron chi connectivity index (χ1n) is 13.9. The zero-order valence-corrected chi connectivity index (χ0v) is 23.2. The van der Waals surface area contributed by atoms with Crippen LogP contribution in [-0.2, 0) is 16.0 Å². The van der Waals surface area contributed by atoms with Gasteiger partial charge in [-0.05, 0) is 24.6 Å². The number of carbonyl (C=O) groups excluding carboxylic acids is 1. The molecule has 0 bridgehead atoms. The number of hydrogen-bond acceptors (Lipinski definition) is 8. The van der Waals surface area contributed by atoms with Crippen LogP contribution >= 0.6 is 0 Å². The first-order valence-corrected chi connectivity index (χ1v) is 13.9. The fourth-order valence-electron chi connectivity index (χ4n) is 4.95. The molecule has 5 rings (SSSR count). The third kappa shape index (κ3) is 6.41. The maximum atomic E-state index is 13.7. The Hall–Kier alpha value is -3.97. The number of nitrogens with zero attached hydrogens (tertiary/aromatic N) is 4. The number of nitrogens with one attached hydrogen (secondary N) is 1. The Bertz CT molecular complexity index is 1560. The standard InChI is InChI=1S/C29H32F4N6O3/c1-2-3-4-22-36-26-18-6-5-17(15-21(18)35-29(34)27(26)37-22)39-10-8-38(9-11-39)12-14-41-13-7-23(40)42-28-24(32)19(30)16-20(31)25(28)33/h5-6,15-16H,2-4,7-14H2,1H3,(H2,34,35)(H,36,37). The highest BCUT2D eigenvalue weighted by Gasteiger charge is 2.23. The van der Waals surface area contributed by atoms with Crippen molar-refractivity contribution in [2.75, 3.05) is 56.6 Å². The number of pyridine rings is 1. The highest BCUT2D eigenvalue weighted by Crippen LogP contribution is 2.30. The molecule has 1 aliphatic heterocycles. The number of ether oxygens (including phenoxy) is 2. The summed E-state index contributed by atoms with van der Waals surface area (Å²) in [6.45, 7) is 6.18. The fraction of sp³-hybridized carbons (Fsp3) is 0.414. The van der Waals surface area contributed by atoms with Crippen molar-refractivity contribution in [2.24, 2.45) is 0 Å². The number of imidazole rings is 1. The van der Waals surface area contributed by atoms with Gasteiger partial charge in [-0.1, -0.05) is 13.3 Å². The normalized spacial score (nSPS) is 14.3. The second-order valence-corrected chi connectivity index (χ2v) is 10.2. The van der Waals surface area contributed by atoms with Crippen molar-refractivity contribution in [2.45, 2.75) is 32.6 Å². The number of nitrogen functional groups attached to an aromatic ring is 1. The van der Waals surface area contributed by atoms with Crippen LogP contribution < -0.4 is 15.4 Å². The van der Waals surface area contributed by atoms with Crippen molar-refractivity contribution in [3.63, 3.8) is 0 Å². The van der Waals surface area contributed by atoms with Gasteiger partial charge in [0.2, 0.25) is 17.4 Å². The van der Waals surface area contributed by atoms with Crippen LogP contribution in [0.2, 0.25) is 0 Å². The predicted octanol–water partition coefficient (Wildman–Crippen LogP) is 4.73. The molecule has 0 atom stereocenters. The molecular weight excluding hydrogens is 556 g/mol. The lowest BCUT2D eigenvalue weighted by Gasteiger charge is -2.36. The molecule has 224 valence electrons. The van der Waals surface area contributed by atoms with Gasteiger partial charge in [0.05, 0.1) is 25.2 Å². The van der Waals surface area contributed by atoms with Crippen LogP contribution in [0, 0.1) is 23.3 Å². The summed E-state index contributed by atoms with van der Waals surface area (Å²) in [6, 6.07) is 6.21. The number of carbonyl (C=O) groups is 1. The number of hydrogen-bond donors (Lipinski definition) is 2. The molecule has 0 saturated carbocycles. The molecule has 1 saturated heterocycles. The number of benzene rings is 2. The second-order valence-electron chi connectivity index (χ2n) is 10.2. The Morgan fingerprint density at radius 2 is 1.76 bits per heavy atom. The molecule has 3 heterocycles. The molecule has 0 amide bonds. The van der Waals surface area contributed by atoms with Crippen LogP contribution in [0.15, 0.2) is 24.3 Å². The third-order valence-corrected chi connectivity index (χ3v) is 7.28. The van der Waals surface area contributed by atoms with Crippen molar-refractivity contribution < 1.29 is 31.8 Å². The Kier molecular flexibility index (Phi) is 9.07. The smallest absolute Gasteiger partial charge is 0.313 e. The lowest BCUT2D eigenvalue weighted by molar-refractivity contribution is -0.136. The van der Waals surface area contributed by atoms with Gasteiger partial charge < -0.3 is 25.1 Å². The van der Waals surface area contributed by atoms with E-state index in [4.69, 9.17) is 15.5 Å². The minimum Gasteiger partial charge on any atom is -0.420 e. The number of fused-ring (bicyclic) bond motifs is 3. The van der Waals surface area contributed by atoms with Gasteiger partial charge in [0.15, 0.2) is 11.6 Å². The summed E-state index contributed by atoms with van der Waals surface area (Å²) in [7, 11) is 0. The maximum Gasteiger partial charge on any atom is 0.313 e. The van der Waals surface area contributed by atoms with Crippen LogP contribution in [0.1, 0.15) is 32.0 Å². The first kappa shape index (κ1) is 29.5. The van der Waals surface area contributed by atoms with E-state index in [1.54, 1.807) is 0 Å². The van der Waals surface area contributed by atoms with Gasteiger partial charge >= 0.3 is 5.97 Å². The minimum absolute atomic E-state index is 0.0435. The lowest BCUT2D eigenvalue weighted by atomic mass is 10.1. The van der Waals surface area contributed by atoms with Gasteiger partial charge in [-0.15, -0.1) is 0 Å². The monoisotopic (exact) mass is 588 g/mol. The van der Waals surface area contributed by atoms with Gasteiger partial charge in [0, 0.05) is 56.3 Å². The quantitative estimate of drug-likeness (QED) is 0.0852. The molecule has 0 spiro atoms. The third-order valence-electron chi connectivity index (χ3n) is 7.28. The zero-order chi connectivity index (χ0) is 29.8. The van der Waals surface area contributed by atoms with Crippen LogP contribution in [0.25, 0.3) is 21.9 Å². The summed E-state index contributed by atoms with van der Waals surface area (Å²) < 4.78 is 63.8. The van der Waals surface area contributed by atoms with E-state index in [1.807, 2.05) is 12.1 Å². The lowest BCUT2D eigenvalue weighted by Crippen LogP contribution is -2.47. The van der Waals surface area contributed by atoms with Crippen LogP contribution in [0.5, 0.6) is 5.75 Å². The van der Waals surface area contributed by atoms with Gasteiger partial charge in [-0.2, -0.15) is 8.78 Å². The highest BCUT2D eigenvalue weighted by atomic mass is 19.2. The van der Waals surface area contributed by atoms with E-state index in [0.717, 1.165) is 78.9 Å². The molecular formula is C29H32F4N6O3. The summed E-state index contributed by atoms with van der Waals surface area (Å²) in [5, 5.41) is 0.958. The second kappa shape index (κ2) is 12.9. The number of esters is 1. The molecule has 9 nitrogen and oxygen atoms in total. The fourth-order valence-corrected chi connectivity index (χ4v) is 4.95. The summed E-state index contributed by atoms with van der Waals surface area (Å²) >= 11 is 0. The number of H-pyrrole nitrogens is 1. The number of nitrogens with two attached hydrogens (primary N) is 1. The van der Waals surface area contributed by atoms with E-state index in [0.29, 0.717) is 19.0 Å². The average molecular weight is 589 g/mol.